The molecular weight excluding hydrogens is 420 g/mol. The number of rotatable bonds is 3. The molecule has 4 nitrogen and oxygen atoms in total. The molecule has 0 aromatic heterocycles. The molecule has 0 fully saturated rings. The minimum absolute atomic E-state index is 0.0339. The number of nitrogens with two attached hydrogens (primary N) is 1. The first-order valence-corrected chi connectivity index (χ1v) is 9.13. The van der Waals surface area contributed by atoms with Crippen molar-refractivity contribution in [3.63, 3.8) is 0 Å². The van der Waals surface area contributed by atoms with Gasteiger partial charge in [-0.05, 0) is 59.1 Å². The Balaban J connectivity index is 2.51. The van der Waals surface area contributed by atoms with E-state index in [0.29, 0.717) is 14.6 Å². The van der Waals surface area contributed by atoms with E-state index in [2.05, 4.69) is 36.6 Å². The zero-order chi connectivity index (χ0) is 15.8. The van der Waals surface area contributed by atoms with Gasteiger partial charge in [-0.1, -0.05) is 28.1 Å². The molecule has 0 unspecified atom stereocenters. The average molecular weight is 434 g/mol. The van der Waals surface area contributed by atoms with Crippen molar-refractivity contribution in [1.29, 1.82) is 0 Å². The van der Waals surface area contributed by atoms with Crippen LogP contribution in [0.2, 0.25) is 0 Å². The highest BCUT2D eigenvalue weighted by Crippen LogP contribution is 2.33. The molecule has 7 heteroatoms. The van der Waals surface area contributed by atoms with Crippen molar-refractivity contribution in [2.45, 2.75) is 18.7 Å². The number of halogens is 2. The Labute approximate surface area is 141 Å². The van der Waals surface area contributed by atoms with Crippen molar-refractivity contribution in [2.24, 2.45) is 0 Å². The van der Waals surface area contributed by atoms with Crippen LogP contribution in [0.5, 0.6) is 0 Å². The minimum atomic E-state index is -3.77. The number of anilines is 2. The van der Waals surface area contributed by atoms with Crippen molar-refractivity contribution >= 4 is 53.3 Å². The van der Waals surface area contributed by atoms with E-state index < -0.39 is 10.0 Å². The summed E-state index contributed by atoms with van der Waals surface area (Å²) in [5.41, 5.74) is 8.47. The van der Waals surface area contributed by atoms with E-state index in [9.17, 15) is 8.42 Å². The van der Waals surface area contributed by atoms with Gasteiger partial charge in [0.15, 0.2) is 0 Å². The third kappa shape index (κ3) is 3.41. The molecule has 0 radical (unpaired) electrons. The molecule has 0 aliphatic heterocycles. The van der Waals surface area contributed by atoms with Crippen LogP contribution in [0.3, 0.4) is 0 Å². The SMILES string of the molecule is Cc1cccc(NS(=O)(=O)c2c(N)cc(Br)cc2Br)c1C. The van der Waals surface area contributed by atoms with E-state index in [-0.39, 0.29) is 10.6 Å². The van der Waals surface area contributed by atoms with Gasteiger partial charge < -0.3 is 5.73 Å². The zero-order valence-electron chi connectivity index (χ0n) is 11.4. The molecule has 0 aliphatic rings. The lowest BCUT2D eigenvalue weighted by molar-refractivity contribution is 0.601. The third-order valence-electron chi connectivity index (χ3n) is 3.15. The number of aryl methyl sites for hydroxylation is 1. The molecule has 21 heavy (non-hydrogen) atoms. The number of hydrogen-bond acceptors (Lipinski definition) is 3. The Morgan fingerprint density at radius 3 is 2.43 bits per heavy atom. The molecule has 2 aromatic carbocycles. The molecular formula is C14H14Br2N2O2S. The van der Waals surface area contributed by atoms with Gasteiger partial charge in [-0.3, -0.25) is 4.72 Å². The Hall–Kier alpha value is -1.05. The largest absolute Gasteiger partial charge is 0.398 e. The summed E-state index contributed by atoms with van der Waals surface area (Å²) in [6.07, 6.45) is 0. The topological polar surface area (TPSA) is 72.2 Å². The molecule has 2 rings (SSSR count). The third-order valence-corrected chi connectivity index (χ3v) is 5.98. The van der Waals surface area contributed by atoms with Crippen molar-refractivity contribution in [3.8, 4) is 0 Å². The van der Waals surface area contributed by atoms with Gasteiger partial charge in [0.2, 0.25) is 0 Å². The molecule has 0 amide bonds. The van der Waals surface area contributed by atoms with Gasteiger partial charge in [0.1, 0.15) is 4.90 Å². The van der Waals surface area contributed by atoms with Gasteiger partial charge >= 0.3 is 0 Å². The number of nitrogen functional groups attached to an aromatic ring is 1. The molecule has 0 heterocycles. The molecule has 2 aromatic rings. The summed E-state index contributed by atoms with van der Waals surface area (Å²) < 4.78 is 28.9. The van der Waals surface area contributed by atoms with Crippen molar-refractivity contribution in [2.75, 3.05) is 10.5 Å². The first-order chi connectivity index (χ1) is 9.72. The van der Waals surface area contributed by atoms with Gasteiger partial charge in [0.25, 0.3) is 10.0 Å². The molecule has 0 saturated carbocycles. The fraction of sp³-hybridized carbons (Fsp3) is 0.143. The van der Waals surface area contributed by atoms with Crippen LogP contribution in [0.15, 0.2) is 44.2 Å². The Bertz CT molecular complexity index is 782. The normalized spacial score (nSPS) is 11.4. The maximum atomic E-state index is 12.6. The van der Waals surface area contributed by atoms with Crippen LogP contribution >= 0.6 is 31.9 Å². The number of benzene rings is 2. The zero-order valence-corrected chi connectivity index (χ0v) is 15.4. The molecule has 3 N–H and O–H groups in total. The smallest absolute Gasteiger partial charge is 0.265 e. The first-order valence-electron chi connectivity index (χ1n) is 6.06. The maximum absolute atomic E-state index is 12.6. The quantitative estimate of drug-likeness (QED) is 0.712. The lowest BCUT2D eigenvalue weighted by Gasteiger charge is -2.14. The monoisotopic (exact) mass is 432 g/mol. The Kier molecular flexibility index (Phi) is 4.65. The number of sulfonamides is 1. The van der Waals surface area contributed by atoms with Crippen LogP contribution in [0.1, 0.15) is 11.1 Å². The summed E-state index contributed by atoms with van der Waals surface area (Å²) in [7, 11) is -3.77. The van der Waals surface area contributed by atoms with Gasteiger partial charge in [0.05, 0.1) is 11.4 Å². The lowest BCUT2D eigenvalue weighted by Crippen LogP contribution is -2.16. The molecule has 0 atom stereocenters. The average Bonchev–Trinajstić information content (AvgIpc) is 2.33. The van der Waals surface area contributed by atoms with Crippen molar-refractivity contribution in [1.82, 2.24) is 0 Å². The van der Waals surface area contributed by atoms with E-state index in [1.165, 1.54) is 0 Å². The van der Waals surface area contributed by atoms with Crippen molar-refractivity contribution < 1.29 is 8.42 Å². The maximum Gasteiger partial charge on any atom is 0.265 e. The van der Waals surface area contributed by atoms with E-state index in [1.807, 2.05) is 19.9 Å². The van der Waals surface area contributed by atoms with Gasteiger partial charge in [-0.2, -0.15) is 0 Å². The molecule has 0 saturated heterocycles. The first kappa shape index (κ1) is 16.3. The summed E-state index contributed by atoms with van der Waals surface area (Å²) in [6, 6.07) is 8.66. The van der Waals surface area contributed by atoms with E-state index in [1.54, 1.807) is 24.3 Å². The van der Waals surface area contributed by atoms with Gasteiger partial charge in [0, 0.05) is 8.95 Å². The minimum Gasteiger partial charge on any atom is -0.398 e. The molecule has 112 valence electrons. The fourth-order valence-corrected chi connectivity index (χ4v) is 5.12. The Morgan fingerprint density at radius 2 is 1.81 bits per heavy atom. The molecule has 0 aliphatic carbocycles. The second-order valence-electron chi connectivity index (χ2n) is 4.66. The van der Waals surface area contributed by atoms with E-state index >= 15 is 0 Å². The van der Waals surface area contributed by atoms with Crippen LogP contribution in [0.25, 0.3) is 0 Å². The predicted octanol–water partition coefficient (Wildman–Crippen LogP) is 4.21. The molecule has 0 bridgehead atoms. The van der Waals surface area contributed by atoms with E-state index in [0.717, 1.165) is 11.1 Å². The summed E-state index contributed by atoms with van der Waals surface area (Å²) >= 11 is 6.53. The highest BCUT2D eigenvalue weighted by atomic mass is 79.9. The summed E-state index contributed by atoms with van der Waals surface area (Å²) in [5, 5.41) is 0. The lowest BCUT2D eigenvalue weighted by atomic mass is 10.1. The highest BCUT2D eigenvalue weighted by Gasteiger charge is 2.22. The summed E-state index contributed by atoms with van der Waals surface area (Å²) in [4.78, 5) is 0.0339. The fourth-order valence-electron chi connectivity index (χ4n) is 1.92. The van der Waals surface area contributed by atoms with Gasteiger partial charge in [-0.25, -0.2) is 8.42 Å². The molecule has 0 spiro atoms. The number of hydrogen-bond donors (Lipinski definition) is 2. The standard InChI is InChI=1S/C14H14Br2N2O2S/c1-8-4-3-5-13(9(8)2)18-21(19,20)14-11(16)6-10(15)7-12(14)17/h3-7,18H,17H2,1-2H3. The van der Waals surface area contributed by atoms with Gasteiger partial charge in [-0.15, -0.1) is 0 Å². The van der Waals surface area contributed by atoms with Crippen LogP contribution in [-0.4, -0.2) is 8.42 Å². The highest BCUT2D eigenvalue weighted by molar-refractivity contribution is 9.11. The van der Waals surface area contributed by atoms with Crippen LogP contribution in [-0.2, 0) is 10.0 Å². The van der Waals surface area contributed by atoms with E-state index in [4.69, 9.17) is 5.73 Å². The van der Waals surface area contributed by atoms with Crippen LogP contribution < -0.4 is 10.5 Å². The Morgan fingerprint density at radius 1 is 1.14 bits per heavy atom. The summed E-state index contributed by atoms with van der Waals surface area (Å²) in [5.74, 6) is 0. The second-order valence-corrected chi connectivity index (χ2v) is 8.05. The summed E-state index contributed by atoms with van der Waals surface area (Å²) in [6.45, 7) is 3.80. The second kappa shape index (κ2) is 5.98. The number of nitrogens with one attached hydrogen (secondary N) is 1. The van der Waals surface area contributed by atoms with Crippen molar-refractivity contribution in [3.05, 3.63) is 50.4 Å². The van der Waals surface area contributed by atoms with Crippen LogP contribution in [0.4, 0.5) is 11.4 Å². The predicted molar refractivity (Wildman–Crippen MR) is 93.0 cm³/mol. The van der Waals surface area contributed by atoms with Crippen LogP contribution in [0, 0.1) is 13.8 Å².